The van der Waals surface area contributed by atoms with Gasteiger partial charge in [0.25, 0.3) is 0 Å². The van der Waals surface area contributed by atoms with E-state index in [4.69, 9.17) is 0 Å². The topological polar surface area (TPSA) is 37.8 Å². The quantitative estimate of drug-likeness (QED) is 0.907. The SMILES string of the molecule is Cc1nccnc1C(C)Nc1cc(F)cc(F)c1. The van der Waals surface area contributed by atoms with Gasteiger partial charge < -0.3 is 5.32 Å². The van der Waals surface area contributed by atoms with Gasteiger partial charge in [-0.2, -0.15) is 0 Å². The van der Waals surface area contributed by atoms with Crippen LogP contribution in [0.4, 0.5) is 14.5 Å². The first-order valence-electron chi connectivity index (χ1n) is 5.56. The Hall–Kier alpha value is -2.04. The Balaban J connectivity index is 2.21. The van der Waals surface area contributed by atoms with Crippen LogP contribution in [0, 0.1) is 18.6 Å². The minimum atomic E-state index is -0.611. The van der Waals surface area contributed by atoms with Gasteiger partial charge in [-0.25, -0.2) is 8.78 Å². The molecule has 0 aliphatic rings. The highest BCUT2D eigenvalue weighted by Crippen LogP contribution is 2.20. The van der Waals surface area contributed by atoms with Crippen molar-refractivity contribution in [1.29, 1.82) is 0 Å². The van der Waals surface area contributed by atoms with Crippen LogP contribution >= 0.6 is 0 Å². The third-order valence-corrected chi connectivity index (χ3v) is 2.58. The summed E-state index contributed by atoms with van der Waals surface area (Å²) in [6, 6.07) is 3.14. The second-order valence-electron chi connectivity index (χ2n) is 4.05. The molecule has 2 aromatic rings. The van der Waals surface area contributed by atoms with Crippen LogP contribution in [0.3, 0.4) is 0 Å². The van der Waals surface area contributed by atoms with Crippen molar-refractivity contribution >= 4 is 5.69 Å². The summed E-state index contributed by atoms with van der Waals surface area (Å²) in [7, 11) is 0. The molecule has 0 saturated heterocycles. The summed E-state index contributed by atoms with van der Waals surface area (Å²) in [4.78, 5) is 8.33. The average Bonchev–Trinajstić information content (AvgIpc) is 2.27. The molecule has 1 heterocycles. The number of rotatable bonds is 3. The fourth-order valence-electron chi connectivity index (χ4n) is 1.80. The average molecular weight is 249 g/mol. The molecule has 3 nitrogen and oxygen atoms in total. The van der Waals surface area contributed by atoms with Gasteiger partial charge in [0.05, 0.1) is 17.4 Å². The van der Waals surface area contributed by atoms with Gasteiger partial charge in [-0.05, 0) is 26.0 Å². The molecular formula is C13H13F2N3. The van der Waals surface area contributed by atoms with Gasteiger partial charge >= 0.3 is 0 Å². The van der Waals surface area contributed by atoms with E-state index < -0.39 is 11.6 Å². The summed E-state index contributed by atoms with van der Waals surface area (Å²) < 4.78 is 26.1. The van der Waals surface area contributed by atoms with Crippen molar-refractivity contribution in [1.82, 2.24) is 9.97 Å². The molecule has 94 valence electrons. The third kappa shape index (κ3) is 2.80. The van der Waals surface area contributed by atoms with Crippen LogP contribution in [-0.2, 0) is 0 Å². The van der Waals surface area contributed by atoms with Gasteiger partial charge in [-0.3, -0.25) is 9.97 Å². The van der Waals surface area contributed by atoms with Crippen LogP contribution in [0.25, 0.3) is 0 Å². The Labute approximate surface area is 104 Å². The molecule has 2 rings (SSSR count). The minimum absolute atomic E-state index is 0.181. The highest BCUT2D eigenvalue weighted by atomic mass is 19.1. The first-order chi connectivity index (χ1) is 8.56. The highest BCUT2D eigenvalue weighted by molar-refractivity contribution is 5.45. The zero-order valence-electron chi connectivity index (χ0n) is 10.1. The molecule has 0 radical (unpaired) electrons. The van der Waals surface area contributed by atoms with Crippen LogP contribution in [0.1, 0.15) is 24.4 Å². The first kappa shape index (κ1) is 12.4. The maximum absolute atomic E-state index is 13.1. The fraction of sp³-hybridized carbons (Fsp3) is 0.231. The molecule has 1 aromatic carbocycles. The van der Waals surface area contributed by atoms with Crippen molar-refractivity contribution < 1.29 is 8.78 Å². The Bertz CT molecular complexity index is 537. The second-order valence-corrected chi connectivity index (χ2v) is 4.05. The molecule has 5 heteroatoms. The third-order valence-electron chi connectivity index (χ3n) is 2.58. The smallest absolute Gasteiger partial charge is 0.128 e. The maximum atomic E-state index is 13.1. The van der Waals surface area contributed by atoms with Crippen molar-refractivity contribution in [3.05, 3.63) is 53.6 Å². The molecule has 1 N–H and O–H groups in total. The number of anilines is 1. The monoisotopic (exact) mass is 249 g/mol. The number of nitrogens with one attached hydrogen (secondary N) is 1. The standard InChI is InChI=1S/C13H13F2N3/c1-8-13(17-4-3-16-8)9(2)18-12-6-10(14)5-11(15)7-12/h3-7,9,18H,1-2H3. The molecule has 0 spiro atoms. The predicted molar refractivity (Wildman–Crippen MR) is 65.2 cm³/mol. The predicted octanol–water partition coefficient (Wildman–Crippen LogP) is 3.24. The summed E-state index contributed by atoms with van der Waals surface area (Å²) in [5.74, 6) is -1.22. The van der Waals surface area contributed by atoms with Crippen molar-refractivity contribution in [2.24, 2.45) is 0 Å². The highest BCUT2D eigenvalue weighted by Gasteiger charge is 2.11. The summed E-state index contributed by atoms with van der Waals surface area (Å²) in [5.41, 5.74) is 1.92. The van der Waals surface area contributed by atoms with Crippen LogP contribution in [0.2, 0.25) is 0 Å². The molecular weight excluding hydrogens is 236 g/mol. The van der Waals surface area contributed by atoms with Gasteiger partial charge in [0.15, 0.2) is 0 Å². The van der Waals surface area contributed by atoms with Crippen LogP contribution in [-0.4, -0.2) is 9.97 Å². The van der Waals surface area contributed by atoms with Crippen molar-refractivity contribution in [2.45, 2.75) is 19.9 Å². The summed E-state index contributed by atoms with van der Waals surface area (Å²) in [5, 5.41) is 3.00. The van der Waals surface area contributed by atoms with Crippen molar-refractivity contribution in [2.75, 3.05) is 5.32 Å². The lowest BCUT2D eigenvalue weighted by molar-refractivity contribution is 0.583. The fourth-order valence-corrected chi connectivity index (χ4v) is 1.80. The number of halogens is 2. The Morgan fingerprint density at radius 1 is 1.06 bits per heavy atom. The first-order valence-corrected chi connectivity index (χ1v) is 5.56. The van der Waals surface area contributed by atoms with Crippen LogP contribution in [0.5, 0.6) is 0 Å². The van der Waals surface area contributed by atoms with E-state index in [9.17, 15) is 8.78 Å². The lowest BCUT2D eigenvalue weighted by atomic mass is 10.1. The minimum Gasteiger partial charge on any atom is -0.377 e. The van der Waals surface area contributed by atoms with Gasteiger partial charge in [0, 0.05) is 24.1 Å². The van der Waals surface area contributed by atoms with E-state index in [0.717, 1.165) is 17.5 Å². The molecule has 0 saturated carbocycles. The van der Waals surface area contributed by atoms with Crippen LogP contribution < -0.4 is 5.32 Å². The van der Waals surface area contributed by atoms with E-state index in [1.165, 1.54) is 12.1 Å². The molecule has 1 unspecified atom stereocenters. The molecule has 1 atom stereocenters. The zero-order chi connectivity index (χ0) is 13.1. The number of hydrogen-bond acceptors (Lipinski definition) is 3. The Morgan fingerprint density at radius 2 is 1.67 bits per heavy atom. The molecule has 0 aliphatic heterocycles. The van der Waals surface area contributed by atoms with Gasteiger partial charge in [-0.15, -0.1) is 0 Å². The number of hydrogen-bond donors (Lipinski definition) is 1. The van der Waals surface area contributed by atoms with Gasteiger partial charge in [0.1, 0.15) is 11.6 Å². The van der Waals surface area contributed by atoms with Crippen LogP contribution in [0.15, 0.2) is 30.6 Å². The Morgan fingerprint density at radius 3 is 2.28 bits per heavy atom. The molecule has 1 aromatic heterocycles. The van der Waals surface area contributed by atoms with Crippen molar-refractivity contribution in [3.63, 3.8) is 0 Å². The molecule has 0 fully saturated rings. The van der Waals surface area contributed by atoms with E-state index in [1.807, 2.05) is 13.8 Å². The summed E-state index contributed by atoms with van der Waals surface area (Å²) in [6.45, 7) is 3.70. The zero-order valence-corrected chi connectivity index (χ0v) is 10.1. The summed E-state index contributed by atoms with van der Waals surface area (Å²) in [6.07, 6.45) is 3.19. The largest absolute Gasteiger partial charge is 0.377 e. The summed E-state index contributed by atoms with van der Waals surface area (Å²) >= 11 is 0. The van der Waals surface area contributed by atoms with Gasteiger partial charge in [0.2, 0.25) is 0 Å². The van der Waals surface area contributed by atoms with E-state index in [0.29, 0.717) is 5.69 Å². The molecule has 0 aliphatic carbocycles. The molecule has 0 bridgehead atoms. The number of aryl methyl sites for hydroxylation is 1. The second kappa shape index (κ2) is 5.08. The van der Waals surface area contributed by atoms with E-state index in [2.05, 4.69) is 15.3 Å². The maximum Gasteiger partial charge on any atom is 0.128 e. The molecule has 0 amide bonds. The van der Waals surface area contributed by atoms with Crippen molar-refractivity contribution in [3.8, 4) is 0 Å². The van der Waals surface area contributed by atoms with Gasteiger partial charge in [-0.1, -0.05) is 0 Å². The van der Waals surface area contributed by atoms with E-state index >= 15 is 0 Å². The molecule has 18 heavy (non-hydrogen) atoms. The lowest BCUT2D eigenvalue weighted by Crippen LogP contribution is -2.11. The Kier molecular flexibility index (Phi) is 3.50. The normalized spacial score (nSPS) is 12.2. The van der Waals surface area contributed by atoms with E-state index in [1.54, 1.807) is 12.4 Å². The number of aromatic nitrogens is 2. The van der Waals surface area contributed by atoms with E-state index in [-0.39, 0.29) is 6.04 Å². The lowest BCUT2D eigenvalue weighted by Gasteiger charge is -2.16. The number of benzene rings is 1. The number of nitrogens with zero attached hydrogens (tertiary/aromatic N) is 2.